The average Bonchev–Trinajstić information content (AvgIpc) is 2.60. The van der Waals surface area contributed by atoms with Gasteiger partial charge in [-0.3, -0.25) is 14.5 Å². The first-order valence-corrected chi connectivity index (χ1v) is 9.67. The quantitative estimate of drug-likeness (QED) is 0.317. The highest BCUT2D eigenvalue weighted by Gasteiger charge is 2.17. The number of carbonyl (C=O) groups is 1. The standard InChI is InChI=1S/C18H20N4O2.ClHO4/c1-10-6-5-7-12-8-13-16(21-15(10)12)14(9-19-17(13)23)18(24)20-11(2)22(3)4;2-1(3,4)5/h5-9,11H,1-4H3,(H,19,23)(H,20,24);(H,2,3,4,5). The van der Waals surface area contributed by atoms with Gasteiger partial charge in [-0.25, -0.2) is 4.98 Å². The van der Waals surface area contributed by atoms with E-state index in [1.165, 1.54) is 6.20 Å². The van der Waals surface area contributed by atoms with Crippen LogP contribution in [0.1, 0.15) is 22.8 Å². The van der Waals surface area contributed by atoms with Gasteiger partial charge < -0.3 is 10.3 Å². The zero-order valence-electron chi connectivity index (χ0n) is 16.2. The van der Waals surface area contributed by atoms with Gasteiger partial charge in [0.05, 0.1) is 43.1 Å². The van der Waals surface area contributed by atoms with Gasteiger partial charge in [0.1, 0.15) is 0 Å². The van der Waals surface area contributed by atoms with E-state index in [-0.39, 0.29) is 17.6 Å². The third-order valence-electron chi connectivity index (χ3n) is 4.25. The molecule has 3 N–H and O–H groups in total. The first kappa shape index (κ1) is 22.7. The van der Waals surface area contributed by atoms with Gasteiger partial charge in [0.2, 0.25) is 0 Å². The minimum Gasteiger partial charge on any atom is -0.337 e. The maximum absolute atomic E-state index is 12.6. The fourth-order valence-corrected chi connectivity index (χ4v) is 2.58. The molecular weight excluding hydrogens is 404 g/mol. The van der Waals surface area contributed by atoms with Crippen molar-refractivity contribution in [2.75, 3.05) is 14.1 Å². The Morgan fingerprint density at radius 1 is 1.28 bits per heavy atom. The second-order valence-corrected chi connectivity index (χ2v) is 7.36. The summed E-state index contributed by atoms with van der Waals surface area (Å²) in [6.45, 7) is 3.85. The molecule has 10 nitrogen and oxygen atoms in total. The maximum Gasteiger partial charge on any atom is 0.257 e. The van der Waals surface area contributed by atoms with E-state index in [2.05, 4.69) is 15.3 Å². The van der Waals surface area contributed by atoms with E-state index in [4.69, 9.17) is 18.6 Å². The number of amides is 1. The number of halogens is 1. The molecule has 1 unspecified atom stereocenters. The van der Waals surface area contributed by atoms with Crippen molar-refractivity contribution in [2.24, 2.45) is 0 Å². The lowest BCUT2D eigenvalue weighted by Crippen LogP contribution is -2.58. The molecule has 0 aliphatic rings. The number of nitrogens with one attached hydrogen (secondary N) is 2. The monoisotopic (exact) mass is 424 g/mol. The van der Waals surface area contributed by atoms with E-state index >= 15 is 0 Å². The molecule has 0 aliphatic heterocycles. The molecule has 11 heteroatoms. The molecule has 3 rings (SSSR count). The van der Waals surface area contributed by atoms with Crippen LogP contribution in [0, 0.1) is 17.2 Å². The second kappa shape index (κ2) is 8.82. The Hall–Kier alpha value is -2.60. The summed E-state index contributed by atoms with van der Waals surface area (Å²) in [6.07, 6.45) is 1.29. The van der Waals surface area contributed by atoms with Crippen LogP contribution in [-0.2, 0) is 0 Å². The highest BCUT2D eigenvalue weighted by molar-refractivity contribution is 6.07. The fourth-order valence-electron chi connectivity index (χ4n) is 2.58. The van der Waals surface area contributed by atoms with Gasteiger partial charge in [-0.1, -0.05) is 18.2 Å². The van der Waals surface area contributed by atoms with Crippen LogP contribution < -0.4 is 24.9 Å². The predicted molar refractivity (Wildman–Crippen MR) is 97.4 cm³/mol. The number of fused-ring (bicyclic) bond motifs is 2. The van der Waals surface area contributed by atoms with Crippen molar-refractivity contribution in [1.29, 1.82) is 0 Å². The minimum absolute atomic E-state index is 0.137. The second-order valence-electron chi connectivity index (χ2n) is 6.57. The third-order valence-corrected chi connectivity index (χ3v) is 4.25. The van der Waals surface area contributed by atoms with Crippen molar-refractivity contribution in [2.45, 2.75) is 20.0 Å². The number of rotatable bonds is 3. The highest BCUT2D eigenvalue weighted by atomic mass is 35.7. The molecule has 0 saturated heterocycles. The summed E-state index contributed by atoms with van der Waals surface area (Å²) in [6, 6.07) is 7.58. The minimum atomic E-state index is -4.69. The largest absolute Gasteiger partial charge is 0.337 e. The summed E-state index contributed by atoms with van der Waals surface area (Å²) in [7, 11) is -0.934. The molecule has 156 valence electrons. The van der Waals surface area contributed by atoms with Crippen molar-refractivity contribution in [1.82, 2.24) is 20.2 Å². The Labute approximate surface area is 168 Å². The third kappa shape index (κ3) is 5.94. The summed E-state index contributed by atoms with van der Waals surface area (Å²) in [4.78, 5) is 33.9. The SMILES string of the molecule is Cc1cccc2cc3c(=O)[nH]cc(C(=O)NC(C)N(C)C)c3nc12.[O-][Cl+3]([O-])([O-])O. The van der Waals surface area contributed by atoms with Crippen LogP contribution in [0.15, 0.2) is 35.3 Å². The highest BCUT2D eigenvalue weighted by Crippen LogP contribution is 2.22. The Balaban J connectivity index is 0.000000537. The van der Waals surface area contributed by atoms with Gasteiger partial charge in [-0.05, 0) is 39.6 Å². The number of hydrogen-bond donors (Lipinski definition) is 3. The lowest BCUT2D eigenvalue weighted by atomic mass is 10.1. The fraction of sp³-hybridized carbons (Fsp3) is 0.278. The summed E-state index contributed by atoms with van der Waals surface area (Å²) in [5.74, 6) is -0.266. The zero-order valence-corrected chi connectivity index (χ0v) is 17.0. The number of aromatic amines is 1. The first-order valence-electron chi connectivity index (χ1n) is 8.40. The molecule has 1 aromatic carbocycles. The maximum atomic E-state index is 12.6. The number of aromatic nitrogens is 2. The number of H-pyrrole nitrogens is 1. The predicted octanol–water partition coefficient (Wildman–Crippen LogP) is -2.10. The molecule has 1 atom stereocenters. The molecule has 2 heterocycles. The number of aryl methyl sites for hydroxylation is 1. The molecular formula is C18H21ClN4O6. The van der Waals surface area contributed by atoms with Crippen LogP contribution in [0.2, 0.25) is 0 Å². The van der Waals surface area contributed by atoms with Crippen molar-refractivity contribution in [3.05, 3.63) is 51.9 Å². The Kier molecular flexibility index (Phi) is 6.90. The Bertz CT molecular complexity index is 1090. The van der Waals surface area contributed by atoms with Crippen LogP contribution in [0.4, 0.5) is 0 Å². The number of para-hydroxylation sites is 1. The lowest BCUT2D eigenvalue weighted by Gasteiger charge is -2.21. The molecule has 2 aromatic heterocycles. The van der Waals surface area contributed by atoms with Gasteiger partial charge in [0.25, 0.3) is 11.5 Å². The van der Waals surface area contributed by atoms with Gasteiger partial charge in [0.15, 0.2) is 0 Å². The summed E-state index contributed by atoms with van der Waals surface area (Å²) < 4.78 is 32.7. The van der Waals surface area contributed by atoms with Gasteiger partial charge in [0, 0.05) is 11.6 Å². The average molecular weight is 425 g/mol. The van der Waals surface area contributed by atoms with E-state index in [9.17, 15) is 9.59 Å². The number of nitrogens with zero attached hydrogens (tertiary/aromatic N) is 2. The van der Waals surface area contributed by atoms with E-state index in [0.29, 0.717) is 16.5 Å². The molecule has 3 aromatic rings. The van der Waals surface area contributed by atoms with Gasteiger partial charge in [-0.2, -0.15) is 14.0 Å². The molecule has 0 fully saturated rings. The summed E-state index contributed by atoms with van der Waals surface area (Å²) in [5.41, 5.74) is 2.33. The molecule has 0 bridgehead atoms. The van der Waals surface area contributed by atoms with Crippen molar-refractivity contribution in [3.8, 4) is 0 Å². The van der Waals surface area contributed by atoms with Gasteiger partial charge in [-0.15, -0.1) is 0 Å². The summed E-state index contributed by atoms with van der Waals surface area (Å²) in [5, 5.41) is 4.19. The number of pyridine rings is 2. The first-order chi connectivity index (χ1) is 13.4. The number of benzene rings is 1. The van der Waals surface area contributed by atoms with Crippen LogP contribution in [0.3, 0.4) is 0 Å². The van der Waals surface area contributed by atoms with Crippen molar-refractivity contribution < 1.29 is 33.7 Å². The van der Waals surface area contributed by atoms with Crippen LogP contribution in [0.25, 0.3) is 21.8 Å². The smallest absolute Gasteiger partial charge is 0.257 e. The van der Waals surface area contributed by atoms with Crippen molar-refractivity contribution in [3.63, 3.8) is 0 Å². The summed E-state index contributed by atoms with van der Waals surface area (Å²) >= 11 is 0. The molecule has 29 heavy (non-hydrogen) atoms. The van der Waals surface area contributed by atoms with Crippen molar-refractivity contribution >= 4 is 27.7 Å². The van der Waals surface area contributed by atoms with Gasteiger partial charge >= 0.3 is 0 Å². The Morgan fingerprint density at radius 2 is 1.90 bits per heavy atom. The van der Waals surface area contributed by atoms with E-state index in [1.54, 1.807) is 6.07 Å². The molecule has 0 aliphatic carbocycles. The van der Waals surface area contributed by atoms with E-state index < -0.39 is 10.2 Å². The normalized spacial score (nSPS) is 12.6. The van der Waals surface area contributed by atoms with E-state index in [0.717, 1.165) is 16.5 Å². The zero-order chi connectivity index (χ0) is 21.9. The van der Waals surface area contributed by atoms with Crippen LogP contribution in [-0.4, -0.2) is 45.7 Å². The lowest BCUT2D eigenvalue weighted by molar-refractivity contribution is -1.92. The van der Waals surface area contributed by atoms with Crippen LogP contribution in [0.5, 0.6) is 0 Å². The van der Waals surface area contributed by atoms with E-state index in [1.807, 2.05) is 51.0 Å². The van der Waals surface area contributed by atoms with Crippen LogP contribution >= 0.6 is 0 Å². The Morgan fingerprint density at radius 3 is 2.48 bits per heavy atom. The number of carbonyl (C=O) groups excluding carboxylic acids is 1. The molecule has 0 radical (unpaired) electrons. The molecule has 1 amide bonds. The topological polar surface area (TPSA) is 168 Å². The molecule has 0 saturated carbocycles. The molecule has 0 spiro atoms. The number of hydrogen-bond acceptors (Lipinski definition) is 8.